The molecule has 0 aromatic heterocycles. The lowest BCUT2D eigenvalue weighted by Crippen LogP contribution is -2.30. The van der Waals surface area contributed by atoms with E-state index in [1.807, 2.05) is 31.1 Å². The first-order valence-corrected chi connectivity index (χ1v) is 8.77. The van der Waals surface area contributed by atoms with Crippen molar-refractivity contribution in [3.8, 4) is 0 Å². The zero-order valence-electron chi connectivity index (χ0n) is 14.6. The van der Waals surface area contributed by atoms with Crippen LogP contribution in [0.1, 0.15) is 15.9 Å². The molecule has 0 spiro atoms. The van der Waals surface area contributed by atoms with E-state index in [9.17, 15) is 9.59 Å². The molecule has 0 aliphatic rings. The van der Waals surface area contributed by atoms with Crippen LogP contribution < -0.4 is 10.2 Å². The van der Waals surface area contributed by atoms with E-state index < -0.39 is 5.97 Å². The molecule has 138 valence electrons. The van der Waals surface area contributed by atoms with Crippen LogP contribution in [0, 0.1) is 0 Å². The number of rotatable bonds is 7. The summed E-state index contributed by atoms with van der Waals surface area (Å²) in [5.74, 6) is -0.906. The average molecular weight is 395 g/mol. The fraction of sp³-hybridized carbons (Fsp3) is 0.263. The molecule has 1 N–H and O–H groups in total. The van der Waals surface area contributed by atoms with Crippen molar-refractivity contribution in [2.45, 2.75) is 6.42 Å². The summed E-state index contributed by atoms with van der Waals surface area (Å²) in [5.41, 5.74) is 2.16. The van der Waals surface area contributed by atoms with Crippen molar-refractivity contribution in [1.29, 1.82) is 0 Å². The van der Waals surface area contributed by atoms with Gasteiger partial charge in [-0.2, -0.15) is 0 Å². The summed E-state index contributed by atoms with van der Waals surface area (Å²) in [5, 5.41) is 3.81. The SMILES string of the molecule is CN(C)c1cccc(C(=O)OCC(=O)NCCc2ccc(Cl)cc2Cl)c1. The molecule has 0 atom stereocenters. The van der Waals surface area contributed by atoms with E-state index in [2.05, 4.69) is 5.32 Å². The minimum atomic E-state index is -0.537. The van der Waals surface area contributed by atoms with Crippen LogP contribution in [0.2, 0.25) is 10.0 Å². The third kappa shape index (κ3) is 5.93. The zero-order valence-corrected chi connectivity index (χ0v) is 16.1. The topological polar surface area (TPSA) is 58.6 Å². The number of carbonyl (C=O) groups excluding carboxylic acids is 2. The standard InChI is InChI=1S/C19H20Cl2N2O3/c1-23(2)16-5-3-4-14(10-16)19(25)26-12-18(24)22-9-8-13-6-7-15(20)11-17(13)21/h3-7,10-11H,8-9,12H2,1-2H3,(H,22,24). The van der Waals surface area contributed by atoms with Gasteiger partial charge in [-0.3, -0.25) is 4.79 Å². The molecule has 0 fully saturated rings. The van der Waals surface area contributed by atoms with Gasteiger partial charge < -0.3 is 15.0 Å². The Morgan fingerprint density at radius 2 is 1.88 bits per heavy atom. The number of carbonyl (C=O) groups is 2. The van der Waals surface area contributed by atoms with Crippen LogP contribution in [0.3, 0.4) is 0 Å². The number of nitrogens with one attached hydrogen (secondary N) is 1. The maximum absolute atomic E-state index is 12.0. The lowest BCUT2D eigenvalue weighted by molar-refractivity contribution is -0.124. The summed E-state index contributed by atoms with van der Waals surface area (Å²) < 4.78 is 5.05. The second-order valence-corrected chi connectivity index (χ2v) is 6.70. The van der Waals surface area contributed by atoms with E-state index in [1.165, 1.54) is 0 Å². The van der Waals surface area contributed by atoms with E-state index >= 15 is 0 Å². The normalized spacial score (nSPS) is 10.3. The number of nitrogens with zero attached hydrogens (tertiary/aromatic N) is 1. The Morgan fingerprint density at radius 1 is 1.12 bits per heavy atom. The predicted molar refractivity (Wildman–Crippen MR) is 104 cm³/mol. The number of esters is 1. The van der Waals surface area contributed by atoms with Crippen molar-refractivity contribution in [1.82, 2.24) is 5.32 Å². The molecular weight excluding hydrogens is 375 g/mol. The van der Waals surface area contributed by atoms with Gasteiger partial charge >= 0.3 is 5.97 Å². The maximum atomic E-state index is 12.0. The summed E-state index contributed by atoms with van der Waals surface area (Å²) in [6.45, 7) is 0.0488. The molecule has 2 aromatic carbocycles. The third-order valence-corrected chi connectivity index (χ3v) is 4.25. The molecule has 0 aliphatic carbocycles. The van der Waals surface area contributed by atoms with Gasteiger partial charge in [0, 0.05) is 36.4 Å². The van der Waals surface area contributed by atoms with Crippen molar-refractivity contribution < 1.29 is 14.3 Å². The van der Waals surface area contributed by atoms with Crippen molar-refractivity contribution in [2.24, 2.45) is 0 Å². The first-order valence-electron chi connectivity index (χ1n) is 8.02. The second-order valence-electron chi connectivity index (χ2n) is 5.86. The summed E-state index contributed by atoms with van der Waals surface area (Å²) in [4.78, 5) is 25.8. The Bertz CT molecular complexity index is 794. The monoisotopic (exact) mass is 394 g/mol. The zero-order chi connectivity index (χ0) is 19.1. The molecule has 0 unspecified atom stereocenters. The lowest BCUT2D eigenvalue weighted by Gasteiger charge is -2.13. The van der Waals surface area contributed by atoms with E-state index in [0.29, 0.717) is 28.6 Å². The summed E-state index contributed by atoms with van der Waals surface area (Å²) in [6, 6.07) is 12.2. The van der Waals surface area contributed by atoms with Crippen LogP contribution in [-0.2, 0) is 16.0 Å². The van der Waals surface area contributed by atoms with Gasteiger partial charge in [0.1, 0.15) is 0 Å². The highest BCUT2D eigenvalue weighted by atomic mass is 35.5. The number of hydrogen-bond donors (Lipinski definition) is 1. The average Bonchev–Trinajstić information content (AvgIpc) is 2.61. The molecule has 0 bridgehead atoms. The molecule has 7 heteroatoms. The van der Waals surface area contributed by atoms with Gasteiger partial charge in [-0.25, -0.2) is 4.79 Å². The minimum Gasteiger partial charge on any atom is -0.452 e. The van der Waals surface area contributed by atoms with Crippen molar-refractivity contribution in [2.75, 3.05) is 32.1 Å². The molecule has 2 rings (SSSR count). The first kappa shape index (κ1) is 20.1. The van der Waals surface area contributed by atoms with Gasteiger partial charge in [0.25, 0.3) is 5.91 Å². The number of ether oxygens (including phenoxy) is 1. The molecule has 1 amide bonds. The van der Waals surface area contributed by atoms with Crippen LogP contribution in [0.15, 0.2) is 42.5 Å². The van der Waals surface area contributed by atoms with E-state index in [1.54, 1.807) is 30.3 Å². The highest BCUT2D eigenvalue weighted by Gasteiger charge is 2.11. The Kier molecular flexibility index (Phi) is 7.30. The van der Waals surface area contributed by atoms with E-state index in [4.69, 9.17) is 27.9 Å². The van der Waals surface area contributed by atoms with Gasteiger partial charge in [0.05, 0.1) is 5.56 Å². The fourth-order valence-corrected chi connectivity index (χ4v) is 2.74. The van der Waals surface area contributed by atoms with Crippen molar-refractivity contribution >= 4 is 40.8 Å². The van der Waals surface area contributed by atoms with Crippen molar-refractivity contribution in [3.05, 3.63) is 63.6 Å². The molecule has 0 saturated heterocycles. The predicted octanol–water partition coefficient (Wildman–Crippen LogP) is 3.58. The highest BCUT2D eigenvalue weighted by molar-refractivity contribution is 6.35. The van der Waals surface area contributed by atoms with Gasteiger partial charge in [0.2, 0.25) is 0 Å². The highest BCUT2D eigenvalue weighted by Crippen LogP contribution is 2.21. The summed E-state index contributed by atoms with van der Waals surface area (Å²) in [7, 11) is 3.76. The number of amides is 1. The molecule has 26 heavy (non-hydrogen) atoms. The van der Waals surface area contributed by atoms with Crippen molar-refractivity contribution in [3.63, 3.8) is 0 Å². The molecule has 2 aromatic rings. The number of anilines is 1. The van der Waals surface area contributed by atoms with Crippen LogP contribution >= 0.6 is 23.2 Å². The number of halogens is 2. The minimum absolute atomic E-state index is 0.334. The molecule has 0 radical (unpaired) electrons. The van der Waals surface area contributed by atoms with Gasteiger partial charge in [-0.15, -0.1) is 0 Å². The van der Waals surface area contributed by atoms with Crippen LogP contribution in [0.4, 0.5) is 5.69 Å². The van der Waals surface area contributed by atoms with Crippen LogP contribution in [-0.4, -0.2) is 39.1 Å². The van der Waals surface area contributed by atoms with Crippen LogP contribution in [0.5, 0.6) is 0 Å². The molecular formula is C19H20Cl2N2O3. The van der Waals surface area contributed by atoms with Gasteiger partial charge in [-0.05, 0) is 42.3 Å². The Hall–Kier alpha value is -2.24. The largest absolute Gasteiger partial charge is 0.452 e. The second kappa shape index (κ2) is 9.46. The molecule has 5 nitrogen and oxygen atoms in total. The Balaban J connectivity index is 1.77. The van der Waals surface area contributed by atoms with Crippen LogP contribution in [0.25, 0.3) is 0 Å². The Labute approximate surface area is 162 Å². The first-order chi connectivity index (χ1) is 12.4. The summed E-state index contributed by atoms with van der Waals surface area (Å²) in [6.07, 6.45) is 0.556. The molecule has 0 saturated carbocycles. The van der Waals surface area contributed by atoms with Gasteiger partial charge in [0.15, 0.2) is 6.61 Å². The van der Waals surface area contributed by atoms with E-state index in [0.717, 1.165) is 11.3 Å². The third-order valence-electron chi connectivity index (χ3n) is 3.66. The van der Waals surface area contributed by atoms with Gasteiger partial charge in [-0.1, -0.05) is 35.3 Å². The quantitative estimate of drug-likeness (QED) is 0.729. The van der Waals surface area contributed by atoms with E-state index in [-0.39, 0.29) is 12.5 Å². The number of hydrogen-bond acceptors (Lipinski definition) is 4. The smallest absolute Gasteiger partial charge is 0.338 e. The fourth-order valence-electron chi connectivity index (χ4n) is 2.24. The molecule has 0 aliphatic heterocycles. The number of benzene rings is 2. The maximum Gasteiger partial charge on any atom is 0.338 e. The Morgan fingerprint density at radius 3 is 2.58 bits per heavy atom. The lowest BCUT2D eigenvalue weighted by atomic mass is 10.1. The molecule has 0 heterocycles. The summed E-state index contributed by atoms with van der Waals surface area (Å²) >= 11 is 11.9.